The zero-order chi connectivity index (χ0) is 31.9. The Labute approximate surface area is 262 Å². The molecule has 1 saturated heterocycles. The van der Waals surface area contributed by atoms with E-state index in [1.54, 1.807) is 16.7 Å². The van der Waals surface area contributed by atoms with Crippen LogP contribution in [-0.4, -0.2) is 71.4 Å². The van der Waals surface area contributed by atoms with Crippen molar-refractivity contribution in [3.05, 3.63) is 53.2 Å². The Hall–Kier alpha value is -3.79. The fraction of sp³-hybridized carbons (Fsp3) is 0.514. The molecule has 2 aliphatic heterocycles. The summed E-state index contributed by atoms with van der Waals surface area (Å²) in [5.74, 6) is -1.81. The van der Waals surface area contributed by atoms with Crippen molar-refractivity contribution in [2.24, 2.45) is 17.1 Å². The quantitative estimate of drug-likeness (QED) is 0.279. The number of anilines is 1. The average molecular weight is 620 g/mol. The van der Waals surface area contributed by atoms with Crippen LogP contribution < -0.4 is 11.1 Å². The van der Waals surface area contributed by atoms with Crippen molar-refractivity contribution in [3.63, 3.8) is 0 Å². The van der Waals surface area contributed by atoms with E-state index in [1.165, 1.54) is 31.0 Å². The third-order valence-electron chi connectivity index (χ3n) is 9.93. The number of nitrogens with zero attached hydrogens (tertiary/aromatic N) is 3. The maximum absolute atomic E-state index is 15.7. The van der Waals surface area contributed by atoms with Crippen molar-refractivity contribution in [1.82, 2.24) is 14.4 Å². The first kappa shape index (κ1) is 31.2. The number of carbonyl (C=O) groups excluding carboxylic acids is 3. The summed E-state index contributed by atoms with van der Waals surface area (Å²) in [6.07, 6.45) is 7.69. The minimum absolute atomic E-state index is 0.00224. The van der Waals surface area contributed by atoms with Crippen LogP contribution in [0.15, 0.2) is 30.3 Å². The van der Waals surface area contributed by atoms with Crippen molar-refractivity contribution in [1.29, 1.82) is 0 Å². The van der Waals surface area contributed by atoms with E-state index in [-0.39, 0.29) is 22.9 Å². The third kappa shape index (κ3) is 6.48. The number of aromatic nitrogens is 1. The molecule has 1 aromatic heterocycles. The summed E-state index contributed by atoms with van der Waals surface area (Å²) in [6.45, 7) is 8.62. The zero-order valence-electron chi connectivity index (χ0n) is 26.2. The lowest BCUT2D eigenvalue weighted by atomic mass is 9.80. The van der Waals surface area contributed by atoms with Crippen molar-refractivity contribution in [2.75, 3.05) is 38.0 Å². The number of hydrogen-bond acceptors (Lipinski definition) is 5. The summed E-state index contributed by atoms with van der Waals surface area (Å²) >= 11 is 0. The van der Waals surface area contributed by atoms with E-state index in [2.05, 4.69) is 10.2 Å². The van der Waals surface area contributed by atoms with Crippen LogP contribution in [-0.2, 0) is 11.2 Å². The third-order valence-corrected chi connectivity index (χ3v) is 9.93. The molecule has 2 aromatic carbocycles. The molecule has 3 heterocycles. The molecule has 2 fully saturated rings. The summed E-state index contributed by atoms with van der Waals surface area (Å²) < 4.78 is 31.7. The summed E-state index contributed by atoms with van der Waals surface area (Å²) in [7, 11) is 0. The molecule has 0 atom stereocenters. The van der Waals surface area contributed by atoms with E-state index in [1.807, 2.05) is 18.7 Å². The number of nitrogens with one attached hydrogen (secondary N) is 1. The van der Waals surface area contributed by atoms with Gasteiger partial charge < -0.3 is 20.9 Å². The minimum atomic E-state index is -0.864. The predicted octanol–water partition coefficient (Wildman–Crippen LogP) is 5.82. The topological polar surface area (TPSA) is 101 Å². The van der Waals surface area contributed by atoms with Crippen LogP contribution in [0.2, 0.25) is 0 Å². The molecule has 6 rings (SSSR count). The second-order valence-electron chi connectivity index (χ2n) is 14.0. The normalized spacial score (nSPS) is 21.6. The van der Waals surface area contributed by atoms with Crippen LogP contribution in [0.25, 0.3) is 22.0 Å². The van der Waals surface area contributed by atoms with Gasteiger partial charge in [-0.15, -0.1) is 0 Å². The Balaban J connectivity index is 1.25. The van der Waals surface area contributed by atoms with Crippen molar-refractivity contribution in [3.8, 4) is 11.1 Å². The number of primary amides is 1. The van der Waals surface area contributed by atoms with Gasteiger partial charge in [0.1, 0.15) is 11.6 Å². The zero-order valence-corrected chi connectivity index (χ0v) is 26.2. The van der Waals surface area contributed by atoms with E-state index in [4.69, 9.17) is 5.73 Å². The summed E-state index contributed by atoms with van der Waals surface area (Å²) in [5, 5.41) is 4.07. The van der Waals surface area contributed by atoms with Gasteiger partial charge in [0.2, 0.25) is 12.3 Å². The highest BCUT2D eigenvalue weighted by Crippen LogP contribution is 2.44. The lowest BCUT2D eigenvalue weighted by molar-refractivity contribution is -0.119. The molecule has 8 nitrogen and oxygen atoms in total. The average Bonchev–Trinajstić information content (AvgIpc) is 3.60. The predicted molar refractivity (Wildman–Crippen MR) is 171 cm³/mol. The van der Waals surface area contributed by atoms with Crippen LogP contribution in [0.3, 0.4) is 0 Å². The Morgan fingerprint density at radius 3 is 2.51 bits per heavy atom. The first-order valence-corrected chi connectivity index (χ1v) is 16.2. The number of halogens is 2. The molecule has 0 spiro atoms. The monoisotopic (exact) mass is 619 g/mol. The second kappa shape index (κ2) is 12.5. The molecule has 240 valence electrons. The van der Waals surface area contributed by atoms with Gasteiger partial charge in [-0.1, -0.05) is 13.8 Å². The maximum Gasteiger partial charge on any atom is 0.253 e. The van der Waals surface area contributed by atoms with E-state index >= 15 is 4.39 Å². The molecule has 2 amide bonds. The van der Waals surface area contributed by atoms with E-state index < -0.39 is 17.5 Å². The molecule has 45 heavy (non-hydrogen) atoms. The molecule has 10 heteroatoms. The number of benzene rings is 2. The molecule has 3 aliphatic rings. The van der Waals surface area contributed by atoms with Gasteiger partial charge in [-0.2, -0.15) is 0 Å². The van der Waals surface area contributed by atoms with Crippen molar-refractivity contribution < 1.29 is 23.2 Å². The smallest absolute Gasteiger partial charge is 0.253 e. The number of carbonyl (C=O) groups is 3. The van der Waals surface area contributed by atoms with Gasteiger partial charge in [-0.3, -0.25) is 19.0 Å². The molecular formula is C35H43F2N5O3. The lowest BCUT2D eigenvalue weighted by Gasteiger charge is -2.33. The van der Waals surface area contributed by atoms with Crippen LogP contribution >= 0.6 is 0 Å². The van der Waals surface area contributed by atoms with Crippen molar-refractivity contribution >= 4 is 34.8 Å². The van der Waals surface area contributed by atoms with E-state index in [9.17, 15) is 18.8 Å². The number of nitrogens with two attached hydrogens (primary N) is 1. The number of amides is 2. The van der Waals surface area contributed by atoms with Crippen LogP contribution in [0.1, 0.15) is 79.6 Å². The van der Waals surface area contributed by atoms with Gasteiger partial charge in [0, 0.05) is 48.7 Å². The van der Waals surface area contributed by atoms with Gasteiger partial charge in [0.05, 0.1) is 16.8 Å². The second-order valence-corrected chi connectivity index (χ2v) is 14.0. The van der Waals surface area contributed by atoms with Crippen LogP contribution in [0.4, 0.5) is 14.5 Å². The van der Waals surface area contributed by atoms with Crippen molar-refractivity contribution in [2.45, 2.75) is 71.3 Å². The Morgan fingerprint density at radius 2 is 1.82 bits per heavy atom. The molecule has 0 unspecified atom stereocenters. The highest BCUT2D eigenvalue weighted by molar-refractivity contribution is 6.06. The summed E-state index contributed by atoms with van der Waals surface area (Å²) in [4.78, 5) is 41.8. The van der Waals surface area contributed by atoms with Gasteiger partial charge in [-0.25, -0.2) is 8.78 Å². The fourth-order valence-corrected chi connectivity index (χ4v) is 7.71. The Bertz CT molecular complexity index is 1620. The van der Waals surface area contributed by atoms with E-state index in [0.29, 0.717) is 52.2 Å². The number of fused-ring (bicyclic) bond motifs is 3. The van der Waals surface area contributed by atoms with Crippen LogP contribution in [0.5, 0.6) is 0 Å². The highest BCUT2D eigenvalue weighted by Gasteiger charge is 2.36. The standard InChI is InChI=1S/C35H43F2N5O3/c1-35(2)18-30-32(26-10-7-24(36)17-29(26)42(30)31(44)19-35)23-15-27(37)33(34(38)45)28(16-23)39-25-8-5-22(6-9-25)20-41(21-43)14-13-40-11-3-4-12-40/h7,10,15-17,21-22,25,39H,3-6,8-9,11-14,18-20H2,1-2H3,(H2,38,45). The first-order chi connectivity index (χ1) is 21.5. The molecular weight excluding hydrogens is 576 g/mol. The molecule has 1 saturated carbocycles. The number of hydrogen-bond donors (Lipinski definition) is 2. The molecule has 0 bridgehead atoms. The number of rotatable bonds is 10. The van der Waals surface area contributed by atoms with Gasteiger partial charge in [-0.05, 0) is 105 Å². The van der Waals surface area contributed by atoms with Gasteiger partial charge >= 0.3 is 0 Å². The molecule has 0 radical (unpaired) electrons. The molecule has 3 N–H and O–H groups in total. The number of likely N-dealkylation sites (tertiary alicyclic amines) is 1. The summed E-state index contributed by atoms with van der Waals surface area (Å²) in [5.41, 5.74) is 7.80. The summed E-state index contributed by atoms with van der Waals surface area (Å²) in [6, 6.07) is 7.36. The lowest BCUT2D eigenvalue weighted by Crippen LogP contribution is -2.38. The van der Waals surface area contributed by atoms with Gasteiger partial charge in [0.25, 0.3) is 5.91 Å². The Morgan fingerprint density at radius 1 is 1.09 bits per heavy atom. The van der Waals surface area contributed by atoms with E-state index in [0.717, 1.165) is 64.8 Å². The maximum atomic E-state index is 15.7. The SMILES string of the molecule is CC1(C)CC(=O)n2c(c(-c3cc(F)c(C(N)=O)c(NC4CCC(CN(C=O)CCN5CCCC5)CC4)c3)c3ccc(F)cc32)C1. The van der Waals surface area contributed by atoms with Gasteiger partial charge in [0.15, 0.2) is 0 Å². The first-order valence-electron chi connectivity index (χ1n) is 16.2. The fourth-order valence-electron chi connectivity index (χ4n) is 7.71. The van der Waals surface area contributed by atoms with Crippen LogP contribution in [0, 0.1) is 23.0 Å². The Kier molecular flexibility index (Phi) is 8.70. The molecule has 1 aliphatic carbocycles. The molecule has 3 aromatic rings. The highest BCUT2D eigenvalue weighted by atomic mass is 19.1. The largest absolute Gasteiger partial charge is 0.382 e. The minimum Gasteiger partial charge on any atom is -0.382 e.